The smallest absolute Gasteiger partial charge is 0.251 e. The summed E-state index contributed by atoms with van der Waals surface area (Å²) < 4.78 is 5.70. The molecule has 2 heterocycles. The van der Waals surface area contributed by atoms with Crippen LogP contribution in [0.3, 0.4) is 0 Å². The molecule has 1 aromatic heterocycles. The van der Waals surface area contributed by atoms with Gasteiger partial charge in [-0.15, -0.1) is 11.3 Å². The first kappa shape index (κ1) is 25.6. The molecule has 37 heavy (non-hydrogen) atoms. The lowest BCUT2D eigenvalue weighted by atomic mass is 10.2. The molecule has 11 heteroatoms. The molecule has 0 aliphatic carbocycles. The summed E-state index contributed by atoms with van der Waals surface area (Å²) in [6.07, 6.45) is 0.268. The van der Waals surface area contributed by atoms with Gasteiger partial charge < -0.3 is 21.1 Å². The lowest BCUT2D eigenvalue weighted by Gasteiger charge is -2.22. The topological polar surface area (TPSA) is 155 Å². The van der Waals surface area contributed by atoms with Crippen LogP contribution in [0.15, 0.2) is 66.0 Å². The van der Waals surface area contributed by atoms with E-state index < -0.39 is 36.2 Å². The van der Waals surface area contributed by atoms with Gasteiger partial charge in [0.2, 0.25) is 17.7 Å². The van der Waals surface area contributed by atoms with Crippen LogP contribution in [0, 0.1) is 5.41 Å². The Labute approximate surface area is 216 Å². The number of amides is 4. The number of nitrogens with one attached hydrogen (secondary N) is 3. The van der Waals surface area contributed by atoms with E-state index in [2.05, 4.69) is 10.6 Å². The number of amidine groups is 1. The molecular weight excluding hydrogens is 494 g/mol. The maximum atomic E-state index is 12.8. The Bertz CT molecular complexity index is 1320. The van der Waals surface area contributed by atoms with Gasteiger partial charge >= 0.3 is 0 Å². The summed E-state index contributed by atoms with van der Waals surface area (Å²) in [4.78, 5) is 52.1. The second kappa shape index (κ2) is 11.5. The van der Waals surface area contributed by atoms with Crippen molar-refractivity contribution in [2.24, 2.45) is 5.73 Å². The third kappa shape index (κ3) is 6.39. The van der Waals surface area contributed by atoms with Gasteiger partial charge in [-0.05, 0) is 48.9 Å². The quantitative estimate of drug-likeness (QED) is 0.251. The average molecular weight is 520 g/mol. The SMILES string of the molecule is N=C(N)c1csc(CNC(=O)C2CCC(=O)N2C(=O)CNC(=O)c2ccc(Oc3ccccc3)cc2)c1. The molecule has 4 rings (SSSR count). The van der Waals surface area contributed by atoms with Gasteiger partial charge in [-0.25, -0.2) is 0 Å². The standard InChI is InChI=1S/C26H25N5O5S/c27-24(28)17-12-20(37-15-17)13-29-26(35)21-10-11-22(32)31(21)23(33)14-30-25(34)16-6-8-19(9-7-16)36-18-4-2-1-3-5-18/h1-9,12,15,21H,10-11,13-14H2,(H3,27,28)(H,29,35)(H,30,34). The largest absolute Gasteiger partial charge is 0.457 e. The molecule has 1 atom stereocenters. The fourth-order valence-corrected chi connectivity index (χ4v) is 4.62. The summed E-state index contributed by atoms with van der Waals surface area (Å²) in [5.74, 6) is -0.924. The summed E-state index contributed by atoms with van der Waals surface area (Å²) in [5, 5.41) is 14.4. The number of para-hydroxylation sites is 1. The molecule has 1 aliphatic heterocycles. The Morgan fingerprint density at radius 3 is 2.41 bits per heavy atom. The van der Waals surface area contributed by atoms with E-state index in [0.717, 1.165) is 9.78 Å². The molecule has 0 spiro atoms. The summed E-state index contributed by atoms with van der Waals surface area (Å²) in [6, 6.07) is 16.4. The normalized spacial score (nSPS) is 14.8. The van der Waals surface area contributed by atoms with Crippen molar-refractivity contribution in [3.05, 3.63) is 82.0 Å². The molecule has 3 aromatic rings. The van der Waals surface area contributed by atoms with Gasteiger partial charge in [0.25, 0.3) is 5.91 Å². The maximum absolute atomic E-state index is 12.8. The minimum Gasteiger partial charge on any atom is -0.457 e. The van der Waals surface area contributed by atoms with Crippen LogP contribution in [0.25, 0.3) is 0 Å². The Morgan fingerprint density at radius 2 is 1.73 bits per heavy atom. The predicted octanol–water partition coefficient (Wildman–Crippen LogP) is 2.39. The van der Waals surface area contributed by atoms with Crippen LogP contribution in [0.1, 0.15) is 33.6 Å². The van der Waals surface area contributed by atoms with Crippen molar-refractivity contribution in [3.63, 3.8) is 0 Å². The van der Waals surface area contributed by atoms with E-state index in [1.54, 1.807) is 35.7 Å². The molecule has 0 saturated carbocycles. The first-order chi connectivity index (χ1) is 17.8. The van der Waals surface area contributed by atoms with E-state index >= 15 is 0 Å². The van der Waals surface area contributed by atoms with E-state index in [4.69, 9.17) is 15.9 Å². The fourth-order valence-electron chi connectivity index (χ4n) is 3.79. The molecular formula is C26H25N5O5S. The van der Waals surface area contributed by atoms with Crippen molar-refractivity contribution < 1.29 is 23.9 Å². The van der Waals surface area contributed by atoms with Crippen LogP contribution in [0.5, 0.6) is 11.5 Å². The van der Waals surface area contributed by atoms with Gasteiger partial charge in [-0.1, -0.05) is 18.2 Å². The second-order valence-corrected chi connectivity index (χ2v) is 9.26. The van der Waals surface area contributed by atoms with Crippen molar-refractivity contribution in [1.82, 2.24) is 15.5 Å². The van der Waals surface area contributed by atoms with Gasteiger partial charge in [0, 0.05) is 27.8 Å². The number of likely N-dealkylation sites (tertiary alicyclic amines) is 1. The van der Waals surface area contributed by atoms with E-state index in [1.807, 2.05) is 30.3 Å². The monoisotopic (exact) mass is 519 g/mol. The van der Waals surface area contributed by atoms with Crippen LogP contribution in [0.4, 0.5) is 0 Å². The number of carbonyl (C=O) groups excluding carboxylic acids is 4. The molecule has 10 nitrogen and oxygen atoms in total. The molecule has 5 N–H and O–H groups in total. The second-order valence-electron chi connectivity index (χ2n) is 8.27. The zero-order valence-corrected chi connectivity index (χ0v) is 20.5. The molecule has 0 bridgehead atoms. The molecule has 1 unspecified atom stereocenters. The van der Waals surface area contributed by atoms with Crippen molar-refractivity contribution >= 4 is 40.8 Å². The Balaban J connectivity index is 1.29. The van der Waals surface area contributed by atoms with Crippen LogP contribution in [0.2, 0.25) is 0 Å². The highest BCUT2D eigenvalue weighted by Crippen LogP contribution is 2.22. The Hall–Kier alpha value is -4.51. The summed E-state index contributed by atoms with van der Waals surface area (Å²) >= 11 is 1.34. The number of hydrogen-bond acceptors (Lipinski definition) is 7. The lowest BCUT2D eigenvalue weighted by molar-refractivity contribution is -0.147. The van der Waals surface area contributed by atoms with Crippen LogP contribution < -0.4 is 21.1 Å². The highest BCUT2D eigenvalue weighted by atomic mass is 32.1. The third-order valence-electron chi connectivity index (χ3n) is 5.68. The zero-order chi connectivity index (χ0) is 26.4. The van der Waals surface area contributed by atoms with Crippen molar-refractivity contribution in [2.75, 3.05) is 6.54 Å². The number of nitrogens with two attached hydrogens (primary N) is 1. The summed E-state index contributed by atoms with van der Waals surface area (Å²) in [5.41, 5.74) is 6.34. The molecule has 1 aliphatic rings. The maximum Gasteiger partial charge on any atom is 0.251 e. The van der Waals surface area contributed by atoms with Gasteiger partial charge in [-0.3, -0.25) is 29.5 Å². The number of thiophene rings is 1. The number of nitrogens with zero attached hydrogens (tertiary/aromatic N) is 1. The number of rotatable bonds is 9. The number of carbonyl (C=O) groups is 4. The Kier molecular flexibility index (Phi) is 7.94. The summed E-state index contributed by atoms with van der Waals surface area (Å²) in [7, 11) is 0. The molecule has 4 amide bonds. The molecule has 1 saturated heterocycles. The van der Waals surface area contributed by atoms with Gasteiger partial charge in [0.05, 0.1) is 13.1 Å². The molecule has 1 fully saturated rings. The average Bonchev–Trinajstić information content (AvgIpc) is 3.54. The number of imide groups is 1. The third-order valence-corrected chi connectivity index (χ3v) is 6.62. The number of ether oxygens (including phenoxy) is 1. The van der Waals surface area contributed by atoms with E-state index in [0.29, 0.717) is 22.6 Å². The number of hydrogen-bond donors (Lipinski definition) is 4. The number of nitrogen functional groups attached to an aromatic ring is 1. The van der Waals surface area contributed by atoms with Gasteiger partial charge in [0.1, 0.15) is 23.4 Å². The van der Waals surface area contributed by atoms with Crippen molar-refractivity contribution in [1.29, 1.82) is 5.41 Å². The minimum absolute atomic E-state index is 0.0636. The lowest BCUT2D eigenvalue weighted by Crippen LogP contribution is -2.50. The van der Waals surface area contributed by atoms with Crippen molar-refractivity contribution in [2.45, 2.75) is 25.4 Å². The molecule has 0 radical (unpaired) electrons. The van der Waals surface area contributed by atoms with Gasteiger partial charge in [0.15, 0.2) is 0 Å². The van der Waals surface area contributed by atoms with Crippen LogP contribution in [-0.4, -0.2) is 47.0 Å². The highest BCUT2D eigenvalue weighted by Gasteiger charge is 2.40. The van der Waals surface area contributed by atoms with Crippen molar-refractivity contribution in [3.8, 4) is 11.5 Å². The van der Waals surface area contributed by atoms with E-state index in [-0.39, 0.29) is 25.2 Å². The Morgan fingerprint density at radius 1 is 1.03 bits per heavy atom. The zero-order valence-electron chi connectivity index (χ0n) is 19.7. The fraction of sp³-hybridized carbons (Fsp3) is 0.192. The summed E-state index contributed by atoms with van der Waals surface area (Å²) in [6.45, 7) is -0.242. The molecule has 2 aromatic carbocycles. The van der Waals surface area contributed by atoms with Crippen LogP contribution in [-0.2, 0) is 20.9 Å². The minimum atomic E-state index is -0.946. The number of benzene rings is 2. The van der Waals surface area contributed by atoms with E-state index in [1.165, 1.54) is 11.3 Å². The molecule has 190 valence electrons. The highest BCUT2D eigenvalue weighted by molar-refractivity contribution is 7.10. The predicted molar refractivity (Wildman–Crippen MR) is 137 cm³/mol. The van der Waals surface area contributed by atoms with Crippen LogP contribution >= 0.6 is 11.3 Å². The first-order valence-corrected chi connectivity index (χ1v) is 12.4. The van der Waals surface area contributed by atoms with Gasteiger partial charge in [-0.2, -0.15) is 0 Å². The first-order valence-electron chi connectivity index (χ1n) is 11.5. The van der Waals surface area contributed by atoms with E-state index in [9.17, 15) is 19.2 Å².